The molecule has 0 amide bonds. The van der Waals surface area contributed by atoms with Crippen LogP contribution in [0.2, 0.25) is 5.02 Å². The van der Waals surface area contributed by atoms with Gasteiger partial charge in [0.15, 0.2) is 10.8 Å². The van der Waals surface area contributed by atoms with Gasteiger partial charge in [-0.25, -0.2) is 4.98 Å². The second kappa shape index (κ2) is 3.36. The van der Waals surface area contributed by atoms with E-state index in [2.05, 4.69) is 4.98 Å². The first-order valence-corrected chi connectivity index (χ1v) is 5.62. The third-order valence-electron chi connectivity index (χ3n) is 2.08. The number of hydrogen-bond donors (Lipinski definition) is 0. The SMILES string of the molecule is Clc1ccc2nc(-c3ccco3)sc2c1. The molecule has 0 aliphatic rings. The van der Waals surface area contributed by atoms with Crippen molar-refractivity contribution < 1.29 is 4.42 Å². The van der Waals surface area contributed by atoms with E-state index in [1.165, 1.54) is 0 Å². The van der Waals surface area contributed by atoms with Crippen LogP contribution in [0.4, 0.5) is 0 Å². The van der Waals surface area contributed by atoms with E-state index in [0.717, 1.165) is 26.0 Å². The van der Waals surface area contributed by atoms with Crippen LogP contribution in [-0.4, -0.2) is 4.98 Å². The third-order valence-corrected chi connectivity index (χ3v) is 3.35. The van der Waals surface area contributed by atoms with Crippen LogP contribution in [0.5, 0.6) is 0 Å². The van der Waals surface area contributed by atoms with Crippen LogP contribution >= 0.6 is 22.9 Å². The highest BCUT2D eigenvalue weighted by Gasteiger charge is 2.08. The van der Waals surface area contributed by atoms with Gasteiger partial charge in [-0.15, -0.1) is 11.3 Å². The van der Waals surface area contributed by atoms with E-state index >= 15 is 0 Å². The van der Waals surface area contributed by atoms with Crippen molar-refractivity contribution in [1.29, 1.82) is 0 Å². The molecular formula is C11H6ClNOS. The molecule has 0 saturated heterocycles. The summed E-state index contributed by atoms with van der Waals surface area (Å²) >= 11 is 7.49. The molecular weight excluding hydrogens is 230 g/mol. The normalized spacial score (nSPS) is 11.0. The molecule has 1 aromatic carbocycles. The van der Waals surface area contributed by atoms with Crippen molar-refractivity contribution in [3.63, 3.8) is 0 Å². The molecule has 0 aliphatic heterocycles. The highest BCUT2D eigenvalue weighted by atomic mass is 35.5. The number of nitrogens with zero attached hydrogens (tertiary/aromatic N) is 1. The molecule has 0 radical (unpaired) electrons. The molecule has 0 fully saturated rings. The maximum absolute atomic E-state index is 5.91. The molecule has 0 atom stereocenters. The molecule has 2 nitrogen and oxygen atoms in total. The molecule has 4 heteroatoms. The van der Waals surface area contributed by atoms with Crippen molar-refractivity contribution in [2.75, 3.05) is 0 Å². The molecule has 0 aliphatic carbocycles. The second-order valence-electron chi connectivity index (χ2n) is 3.11. The molecule has 3 aromatic rings. The molecule has 74 valence electrons. The number of thiazole rings is 1. The predicted molar refractivity (Wildman–Crippen MR) is 62.3 cm³/mol. The van der Waals surface area contributed by atoms with E-state index in [4.69, 9.17) is 16.0 Å². The van der Waals surface area contributed by atoms with Gasteiger partial charge in [0.2, 0.25) is 0 Å². The van der Waals surface area contributed by atoms with E-state index in [-0.39, 0.29) is 0 Å². The van der Waals surface area contributed by atoms with Crippen molar-refractivity contribution >= 4 is 33.2 Å². The van der Waals surface area contributed by atoms with Gasteiger partial charge in [0, 0.05) is 5.02 Å². The van der Waals surface area contributed by atoms with E-state index in [1.54, 1.807) is 17.6 Å². The Morgan fingerprint density at radius 2 is 2.20 bits per heavy atom. The van der Waals surface area contributed by atoms with Gasteiger partial charge in [0.25, 0.3) is 0 Å². The lowest BCUT2D eigenvalue weighted by molar-refractivity contribution is 0.582. The average molecular weight is 236 g/mol. The number of aromatic nitrogens is 1. The number of fused-ring (bicyclic) bond motifs is 1. The monoisotopic (exact) mass is 235 g/mol. The molecule has 0 N–H and O–H groups in total. The van der Waals surface area contributed by atoms with E-state index < -0.39 is 0 Å². The van der Waals surface area contributed by atoms with E-state index in [0.29, 0.717) is 0 Å². The van der Waals surface area contributed by atoms with Gasteiger partial charge in [-0.3, -0.25) is 0 Å². The Kier molecular flexibility index (Phi) is 2.01. The highest BCUT2D eigenvalue weighted by Crippen LogP contribution is 2.31. The fourth-order valence-electron chi connectivity index (χ4n) is 1.40. The van der Waals surface area contributed by atoms with Gasteiger partial charge in [0.1, 0.15) is 0 Å². The summed E-state index contributed by atoms with van der Waals surface area (Å²) in [5.41, 5.74) is 0.954. The average Bonchev–Trinajstić information content (AvgIpc) is 2.84. The van der Waals surface area contributed by atoms with Crippen LogP contribution in [-0.2, 0) is 0 Å². The topological polar surface area (TPSA) is 26.0 Å². The zero-order valence-corrected chi connectivity index (χ0v) is 9.18. The second-order valence-corrected chi connectivity index (χ2v) is 4.58. The van der Waals surface area contributed by atoms with Crippen molar-refractivity contribution in [3.8, 4) is 10.8 Å². The minimum atomic E-state index is 0.733. The Hall–Kier alpha value is -1.32. The zero-order chi connectivity index (χ0) is 10.3. The Bertz CT molecular complexity index is 600. The van der Waals surface area contributed by atoms with Crippen molar-refractivity contribution in [2.24, 2.45) is 0 Å². The molecule has 2 heterocycles. The molecule has 0 spiro atoms. The number of furan rings is 1. The Morgan fingerprint density at radius 1 is 1.27 bits per heavy atom. The van der Waals surface area contributed by atoms with E-state index in [1.807, 2.05) is 30.3 Å². The molecule has 0 bridgehead atoms. The first-order chi connectivity index (χ1) is 7.33. The summed E-state index contributed by atoms with van der Waals surface area (Å²) in [6.07, 6.45) is 1.65. The molecule has 0 saturated carbocycles. The van der Waals surface area contributed by atoms with Crippen molar-refractivity contribution in [2.45, 2.75) is 0 Å². The van der Waals surface area contributed by atoms with Crippen LogP contribution in [0.1, 0.15) is 0 Å². The third kappa shape index (κ3) is 1.54. The summed E-state index contributed by atoms with van der Waals surface area (Å²) in [5, 5.41) is 1.62. The van der Waals surface area contributed by atoms with Crippen LogP contribution < -0.4 is 0 Å². The smallest absolute Gasteiger partial charge is 0.162 e. The molecule has 0 unspecified atom stereocenters. The van der Waals surface area contributed by atoms with Crippen molar-refractivity contribution in [1.82, 2.24) is 4.98 Å². The lowest BCUT2D eigenvalue weighted by Crippen LogP contribution is -1.69. The Labute approximate surface area is 95.1 Å². The van der Waals surface area contributed by atoms with E-state index in [9.17, 15) is 0 Å². The summed E-state index contributed by atoms with van der Waals surface area (Å²) in [6, 6.07) is 9.44. The predicted octanol–water partition coefficient (Wildman–Crippen LogP) is 4.21. The maximum atomic E-state index is 5.91. The van der Waals surface area contributed by atoms with Gasteiger partial charge in [-0.2, -0.15) is 0 Å². The Morgan fingerprint density at radius 3 is 3.00 bits per heavy atom. The summed E-state index contributed by atoms with van der Waals surface area (Å²) < 4.78 is 6.37. The Balaban J connectivity index is 2.22. The summed E-state index contributed by atoms with van der Waals surface area (Å²) in [6.45, 7) is 0. The van der Waals surface area contributed by atoms with Gasteiger partial charge in [0.05, 0.1) is 16.5 Å². The standard InChI is InChI=1S/C11H6ClNOS/c12-7-3-4-8-10(6-7)15-11(13-8)9-2-1-5-14-9/h1-6H. The fraction of sp³-hybridized carbons (Fsp3) is 0. The highest BCUT2D eigenvalue weighted by molar-refractivity contribution is 7.21. The number of halogens is 1. The quantitative estimate of drug-likeness (QED) is 0.632. The van der Waals surface area contributed by atoms with Crippen LogP contribution in [0.3, 0.4) is 0 Å². The minimum absolute atomic E-state index is 0.733. The first kappa shape index (κ1) is 8.95. The number of rotatable bonds is 1. The minimum Gasteiger partial charge on any atom is -0.462 e. The van der Waals surface area contributed by atoms with Crippen LogP contribution in [0, 0.1) is 0 Å². The maximum Gasteiger partial charge on any atom is 0.162 e. The van der Waals surface area contributed by atoms with Crippen molar-refractivity contribution in [3.05, 3.63) is 41.6 Å². The summed E-state index contributed by atoms with van der Waals surface area (Å²) in [7, 11) is 0. The lowest BCUT2D eigenvalue weighted by atomic mass is 10.3. The first-order valence-electron chi connectivity index (χ1n) is 4.43. The largest absolute Gasteiger partial charge is 0.462 e. The fourth-order valence-corrected chi connectivity index (χ4v) is 2.61. The zero-order valence-electron chi connectivity index (χ0n) is 7.61. The van der Waals surface area contributed by atoms with Crippen LogP contribution in [0.25, 0.3) is 21.0 Å². The molecule has 2 aromatic heterocycles. The van der Waals surface area contributed by atoms with Gasteiger partial charge in [-0.1, -0.05) is 11.6 Å². The van der Waals surface area contributed by atoms with Gasteiger partial charge >= 0.3 is 0 Å². The lowest BCUT2D eigenvalue weighted by Gasteiger charge is -1.86. The number of benzene rings is 1. The molecule has 3 rings (SSSR count). The van der Waals surface area contributed by atoms with Gasteiger partial charge < -0.3 is 4.42 Å². The molecule has 15 heavy (non-hydrogen) atoms. The summed E-state index contributed by atoms with van der Waals surface area (Å²) in [4.78, 5) is 4.46. The summed E-state index contributed by atoms with van der Waals surface area (Å²) in [5.74, 6) is 0.798. The van der Waals surface area contributed by atoms with Gasteiger partial charge in [-0.05, 0) is 30.3 Å². The number of hydrogen-bond acceptors (Lipinski definition) is 3. The van der Waals surface area contributed by atoms with Crippen LogP contribution in [0.15, 0.2) is 41.0 Å².